The van der Waals surface area contributed by atoms with Crippen molar-refractivity contribution in [3.63, 3.8) is 0 Å². The molecular formula is C10H9Cl2NO2. The fourth-order valence-electron chi connectivity index (χ4n) is 0.969. The number of benzene rings is 1. The largest absolute Gasteiger partial charge is 0.491 e. The highest BCUT2D eigenvalue weighted by atomic mass is 35.5. The Morgan fingerprint density at radius 2 is 1.93 bits per heavy atom. The van der Waals surface area contributed by atoms with E-state index in [1.54, 1.807) is 18.2 Å². The average Bonchev–Trinajstić information content (AvgIpc) is 2.14. The van der Waals surface area contributed by atoms with Crippen molar-refractivity contribution in [2.45, 2.75) is 12.5 Å². The van der Waals surface area contributed by atoms with Gasteiger partial charge in [-0.05, 0) is 18.2 Å². The average molecular weight is 246 g/mol. The van der Waals surface area contributed by atoms with Gasteiger partial charge in [-0.2, -0.15) is 5.26 Å². The first-order valence-corrected chi connectivity index (χ1v) is 5.01. The predicted molar refractivity (Wildman–Crippen MR) is 58.2 cm³/mol. The number of aliphatic hydroxyl groups is 1. The first-order valence-electron chi connectivity index (χ1n) is 4.25. The molecule has 1 rings (SSSR count). The van der Waals surface area contributed by atoms with E-state index in [9.17, 15) is 5.11 Å². The zero-order valence-corrected chi connectivity index (χ0v) is 9.29. The molecule has 1 aromatic carbocycles. The van der Waals surface area contributed by atoms with E-state index < -0.39 is 6.10 Å². The lowest BCUT2D eigenvalue weighted by molar-refractivity contribution is 0.111. The number of ether oxygens (including phenoxy) is 1. The van der Waals surface area contributed by atoms with E-state index in [-0.39, 0.29) is 13.0 Å². The van der Waals surface area contributed by atoms with Gasteiger partial charge in [0, 0.05) is 10.0 Å². The van der Waals surface area contributed by atoms with Crippen molar-refractivity contribution in [1.82, 2.24) is 0 Å². The van der Waals surface area contributed by atoms with E-state index in [1.165, 1.54) is 0 Å². The molecule has 0 fully saturated rings. The Balaban J connectivity index is 2.54. The summed E-state index contributed by atoms with van der Waals surface area (Å²) in [6.45, 7) is 0.0459. The molecule has 0 saturated heterocycles. The Labute approximate surface area is 97.8 Å². The van der Waals surface area contributed by atoms with Gasteiger partial charge in [0.05, 0.1) is 12.5 Å². The predicted octanol–water partition coefficient (Wildman–Crippen LogP) is 2.65. The van der Waals surface area contributed by atoms with Crippen LogP contribution in [0.3, 0.4) is 0 Å². The Kier molecular flexibility index (Phi) is 4.70. The molecule has 0 heterocycles. The summed E-state index contributed by atoms with van der Waals surface area (Å²) in [5.41, 5.74) is 0. The second-order valence-electron chi connectivity index (χ2n) is 2.93. The fraction of sp³-hybridized carbons (Fsp3) is 0.300. The van der Waals surface area contributed by atoms with Gasteiger partial charge >= 0.3 is 0 Å². The number of aliphatic hydroxyl groups excluding tert-OH is 1. The maximum absolute atomic E-state index is 9.24. The summed E-state index contributed by atoms with van der Waals surface area (Å²) in [5.74, 6) is 0.476. The van der Waals surface area contributed by atoms with Crippen molar-refractivity contribution >= 4 is 23.2 Å². The number of rotatable bonds is 4. The maximum atomic E-state index is 9.24. The zero-order chi connectivity index (χ0) is 11.3. The summed E-state index contributed by atoms with van der Waals surface area (Å²) in [6.07, 6.45) is -0.762. The standard InChI is InChI=1S/C10H9Cl2NO2/c11-7-3-8(12)5-10(4-7)15-6-9(14)1-2-13/h3-5,9,14H,1,6H2. The van der Waals surface area contributed by atoms with Crippen molar-refractivity contribution in [3.8, 4) is 11.8 Å². The summed E-state index contributed by atoms with van der Waals surface area (Å²) < 4.78 is 5.21. The van der Waals surface area contributed by atoms with Gasteiger partial charge in [-0.25, -0.2) is 0 Å². The first-order chi connectivity index (χ1) is 7.11. The minimum atomic E-state index is -0.798. The van der Waals surface area contributed by atoms with Crippen LogP contribution < -0.4 is 4.74 Å². The lowest BCUT2D eigenvalue weighted by atomic mass is 10.3. The van der Waals surface area contributed by atoms with Crippen molar-refractivity contribution in [2.24, 2.45) is 0 Å². The molecule has 0 aromatic heterocycles. The smallest absolute Gasteiger partial charge is 0.122 e. The van der Waals surface area contributed by atoms with Gasteiger partial charge in [0.1, 0.15) is 18.5 Å². The molecule has 0 aliphatic rings. The topological polar surface area (TPSA) is 53.2 Å². The van der Waals surface area contributed by atoms with Crippen molar-refractivity contribution < 1.29 is 9.84 Å². The third-order valence-corrected chi connectivity index (χ3v) is 2.04. The minimum Gasteiger partial charge on any atom is -0.491 e. The van der Waals surface area contributed by atoms with E-state index in [1.807, 2.05) is 6.07 Å². The molecular weight excluding hydrogens is 237 g/mol. The molecule has 0 amide bonds. The van der Waals surface area contributed by atoms with E-state index in [4.69, 9.17) is 33.2 Å². The molecule has 1 aromatic rings. The molecule has 0 radical (unpaired) electrons. The lowest BCUT2D eigenvalue weighted by Crippen LogP contribution is -2.16. The molecule has 1 unspecified atom stereocenters. The molecule has 1 atom stereocenters. The van der Waals surface area contributed by atoms with E-state index in [0.717, 1.165) is 0 Å². The number of hydrogen-bond donors (Lipinski definition) is 1. The van der Waals surface area contributed by atoms with Crippen LogP contribution >= 0.6 is 23.2 Å². The Morgan fingerprint density at radius 3 is 2.47 bits per heavy atom. The fourth-order valence-corrected chi connectivity index (χ4v) is 1.47. The van der Waals surface area contributed by atoms with Crippen LogP contribution in [0.2, 0.25) is 10.0 Å². The maximum Gasteiger partial charge on any atom is 0.122 e. The van der Waals surface area contributed by atoms with Gasteiger partial charge in [0.15, 0.2) is 0 Å². The number of nitrogens with zero attached hydrogens (tertiary/aromatic N) is 1. The lowest BCUT2D eigenvalue weighted by Gasteiger charge is -2.09. The van der Waals surface area contributed by atoms with Crippen LogP contribution in [0.25, 0.3) is 0 Å². The molecule has 3 nitrogen and oxygen atoms in total. The van der Waals surface area contributed by atoms with Crippen LogP contribution in [0, 0.1) is 11.3 Å². The number of halogens is 2. The van der Waals surface area contributed by atoms with Gasteiger partial charge < -0.3 is 9.84 Å². The first kappa shape index (κ1) is 12.1. The minimum absolute atomic E-state index is 0.0360. The third-order valence-electron chi connectivity index (χ3n) is 1.61. The molecule has 1 N–H and O–H groups in total. The highest BCUT2D eigenvalue weighted by molar-refractivity contribution is 6.34. The highest BCUT2D eigenvalue weighted by Gasteiger charge is 2.05. The van der Waals surface area contributed by atoms with Crippen LogP contribution in [0.5, 0.6) is 5.75 Å². The number of hydrogen-bond acceptors (Lipinski definition) is 3. The summed E-state index contributed by atoms with van der Waals surface area (Å²) >= 11 is 11.5. The summed E-state index contributed by atoms with van der Waals surface area (Å²) in [6, 6.07) is 6.61. The summed E-state index contributed by atoms with van der Waals surface area (Å²) in [4.78, 5) is 0. The molecule has 0 saturated carbocycles. The van der Waals surface area contributed by atoms with Crippen LogP contribution in [-0.4, -0.2) is 17.8 Å². The van der Waals surface area contributed by atoms with E-state index in [2.05, 4.69) is 0 Å². The van der Waals surface area contributed by atoms with Crippen LogP contribution in [0.15, 0.2) is 18.2 Å². The van der Waals surface area contributed by atoms with Crippen molar-refractivity contribution in [1.29, 1.82) is 5.26 Å². The number of nitriles is 1. The molecule has 15 heavy (non-hydrogen) atoms. The third kappa shape index (κ3) is 4.39. The molecule has 0 spiro atoms. The SMILES string of the molecule is N#CCC(O)COc1cc(Cl)cc(Cl)c1. The van der Waals surface area contributed by atoms with Gasteiger partial charge in [-0.15, -0.1) is 0 Å². The second-order valence-corrected chi connectivity index (χ2v) is 3.81. The molecule has 0 aliphatic carbocycles. The quantitative estimate of drug-likeness (QED) is 0.888. The monoisotopic (exact) mass is 245 g/mol. The van der Waals surface area contributed by atoms with Gasteiger partial charge in [0.2, 0.25) is 0 Å². The Hall–Kier alpha value is -0.950. The van der Waals surface area contributed by atoms with Crippen molar-refractivity contribution in [2.75, 3.05) is 6.61 Å². The second kappa shape index (κ2) is 5.82. The van der Waals surface area contributed by atoms with Gasteiger partial charge in [-0.1, -0.05) is 23.2 Å². The molecule has 0 bridgehead atoms. The molecule has 80 valence electrons. The normalized spacial score (nSPS) is 11.9. The van der Waals surface area contributed by atoms with Crippen LogP contribution in [0.1, 0.15) is 6.42 Å². The molecule has 5 heteroatoms. The summed E-state index contributed by atoms with van der Waals surface area (Å²) in [5, 5.41) is 18.5. The van der Waals surface area contributed by atoms with E-state index >= 15 is 0 Å². The Morgan fingerprint density at radius 1 is 1.33 bits per heavy atom. The summed E-state index contributed by atoms with van der Waals surface area (Å²) in [7, 11) is 0. The highest BCUT2D eigenvalue weighted by Crippen LogP contribution is 2.24. The van der Waals surface area contributed by atoms with Crippen molar-refractivity contribution in [3.05, 3.63) is 28.2 Å². The van der Waals surface area contributed by atoms with Crippen LogP contribution in [-0.2, 0) is 0 Å². The van der Waals surface area contributed by atoms with Crippen LogP contribution in [0.4, 0.5) is 0 Å². The van der Waals surface area contributed by atoms with Gasteiger partial charge in [0.25, 0.3) is 0 Å². The molecule has 0 aliphatic heterocycles. The zero-order valence-electron chi connectivity index (χ0n) is 7.78. The Bertz CT molecular complexity index is 356. The van der Waals surface area contributed by atoms with E-state index in [0.29, 0.717) is 15.8 Å². The van der Waals surface area contributed by atoms with Gasteiger partial charge in [-0.3, -0.25) is 0 Å².